The van der Waals surface area contributed by atoms with Crippen molar-refractivity contribution in [1.29, 1.82) is 0 Å². The summed E-state index contributed by atoms with van der Waals surface area (Å²) in [6.07, 6.45) is -4.40. The predicted octanol–water partition coefficient (Wildman–Crippen LogP) is 3.60. The Hall–Kier alpha value is -3.36. The highest BCUT2D eigenvalue weighted by molar-refractivity contribution is 5.88. The first-order valence-electron chi connectivity index (χ1n) is 7.01. The van der Waals surface area contributed by atoms with Gasteiger partial charge in [0, 0.05) is 5.69 Å². The Morgan fingerprint density at radius 3 is 2.32 bits per heavy atom. The van der Waals surface area contributed by atoms with Crippen LogP contribution in [-0.2, 0) is 6.18 Å². The minimum atomic E-state index is -4.40. The Morgan fingerprint density at radius 1 is 1.04 bits per heavy atom. The topological polar surface area (TPSA) is 94.0 Å². The van der Waals surface area contributed by atoms with E-state index in [1.54, 1.807) is 24.3 Å². The zero-order chi connectivity index (χ0) is 18.0. The number of nitrogens with two attached hydrogens (primary N) is 1. The standard InChI is InChI=1S/C16H11F3N4O2/c17-16(18,19)9-5-7-10(8-6-9)21-12-4-2-1-3-11(12)14-22-23-15(25-14)13(20)24/h1-8,21H,(H2,20,24). The molecule has 3 N–H and O–H groups in total. The first-order chi connectivity index (χ1) is 11.8. The molecular weight excluding hydrogens is 337 g/mol. The monoisotopic (exact) mass is 348 g/mol. The van der Waals surface area contributed by atoms with Crippen molar-refractivity contribution in [3.8, 4) is 11.5 Å². The van der Waals surface area contributed by atoms with Gasteiger partial charge >= 0.3 is 18.0 Å². The van der Waals surface area contributed by atoms with Crippen molar-refractivity contribution >= 4 is 17.3 Å². The highest BCUT2D eigenvalue weighted by Crippen LogP contribution is 2.32. The van der Waals surface area contributed by atoms with Gasteiger partial charge < -0.3 is 15.5 Å². The first-order valence-corrected chi connectivity index (χ1v) is 7.01. The fourth-order valence-corrected chi connectivity index (χ4v) is 2.11. The van der Waals surface area contributed by atoms with E-state index in [2.05, 4.69) is 15.5 Å². The van der Waals surface area contributed by atoms with Gasteiger partial charge in [0.05, 0.1) is 16.8 Å². The van der Waals surface area contributed by atoms with Crippen LogP contribution in [0.4, 0.5) is 24.5 Å². The van der Waals surface area contributed by atoms with Gasteiger partial charge in [-0.1, -0.05) is 12.1 Å². The molecule has 0 atom stereocenters. The second-order valence-electron chi connectivity index (χ2n) is 5.02. The van der Waals surface area contributed by atoms with E-state index in [1.165, 1.54) is 12.1 Å². The third kappa shape index (κ3) is 3.60. The molecule has 1 aromatic heterocycles. The molecule has 2 aromatic carbocycles. The largest absolute Gasteiger partial charge is 0.416 e. The lowest BCUT2D eigenvalue weighted by Crippen LogP contribution is -2.10. The minimum Gasteiger partial charge on any atom is -0.412 e. The Bertz CT molecular complexity index is 904. The molecule has 3 rings (SSSR count). The van der Waals surface area contributed by atoms with Crippen LogP contribution in [0, 0.1) is 0 Å². The van der Waals surface area contributed by atoms with Crippen molar-refractivity contribution in [2.75, 3.05) is 5.32 Å². The number of rotatable bonds is 4. The molecule has 0 unspecified atom stereocenters. The molecule has 0 aliphatic heterocycles. The number of anilines is 2. The number of hydrogen-bond acceptors (Lipinski definition) is 5. The number of amides is 1. The zero-order valence-electron chi connectivity index (χ0n) is 12.5. The summed E-state index contributed by atoms with van der Waals surface area (Å²) in [6, 6.07) is 11.3. The second kappa shape index (κ2) is 6.27. The van der Waals surface area contributed by atoms with Crippen LogP contribution in [0.2, 0.25) is 0 Å². The fraction of sp³-hybridized carbons (Fsp3) is 0.0625. The van der Waals surface area contributed by atoms with Crippen molar-refractivity contribution in [2.45, 2.75) is 6.18 Å². The van der Waals surface area contributed by atoms with Crippen LogP contribution in [0.5, 0.6) is 0 Å². The lowest BCUT2D eigenvalue weighted by atomic mass is 10.1. The van der Waals surface area contributed by atoms with E-state index in [0.29, 0.717) is 16.9 Å². The minimum absolute atomic E-state index is 0.0591. The molecule has 3 aromatic rings. The maximum atomic E-state index is 12.6. The van der Waals surface area contributed by atoms with Gasteiger partial charge in [-0.2, -0.15) is 13.2 Å². The number of nitrogens with zero attached hydrogens (tertiary/aromatic N) is 2. The van der Waals surface area contributed by atoms with Gasteiger partial charge in [0.2, 0.25) is 5.89 Å². The zero-order valence-corrected chi connectivity index (χ0v) is 12.5. The molecule has 0 saturated carbocycles. The van der Waals surface area contributed by atoms with Crippen LogP contribution in [0.25, 0.3) is 11.5 Å². The number of primary amides is 1. The van der Waals surface area contributed by atoms with Crippen LogP contribution >= 0.6 is 0 Å². The van der Waals surface area contributed by atoms with E-state index in [-0.39, 0.29) is 11.8 Å². The van der Waals surface area contributed by atoms with Gasteiger partial charge in [0.1, 0.15) is 0 Å². The number of benzene rings is 2. The van der Waals surface area contributed by atoms with Crippen LogP contribution < -0.4 is 11.1 Å². The second-order valence-corrected chi connectivity index (χ2v) is 5.02. The molecule has 1 amide bonds. The van der Waals surface area contributed by atoms with Crippen LogP contribution in [0.15, 0.2) is 52.9 Å². The molecule has 9 heteroatoms. The maximum Gasteiger partial charge on any atom is 0.416 e. The normalized spacial score (nSPS) is 11.3. The number of alkyl halides is 3. The van der Waals surface area contributed by atoms with Crippen molar-refractivity contribution in [2.24, 2.45) is 5.73 Å². The summed E-state index contributed by atoms with van der Waals surface area (Å²) in [4.78, 5) is 11.1. The number of aromatic nitrogens is 2. The van der Waals surface area contributed by atoms with Crippen molar-refractivity contribution < 1.29 is 22.4 Å². The average molecular weight is 348 g/mol. The highest BCUT2D eigenvalue weighted by Gasteiger charge is 2.30. The Kier molecular flexibility index (Phi) is 4.14. The number of para-hydroxylation sites is 1. The summed E-state index contributed by atoms with van der Waals surface area (Å²) in [5.74, 6) is -1.13. The highest BCUT2D eigenvalue weighted by atomic mass is 19.4. The molecule has 128 valence electrons. The van der Waals surface area contributed by atoms with Crippen LogP contribution in [-0.4, -0.2) is 16.1 Å². The molecule has 25 heavy (non-hydrogen) atoms. The summed E-state index contributed by atoms with van der Waals surface area (Å²) in [5, 5.41) is 10.3. The first kappa shape index (κ1) is 16.5. The van der Waals surface area contributed by atoms with Gasteiger partial charge in [-0.05, 0) is 36.4 Å². The van der Waals surface area contributed by atoms with E-state index in [9.17, 15) is 18.0 Å². The van der Waals surface area contributed by atoms with Gasteiger partial charge in [-0.3, -0.25) is 4.79 Å². The number of carbonyl (C=O) groups excluding carboxylic acids is 1. The van der Waals surface area contributed by atoms with Gasteiger partial charge in [0.15, 0.2) is 0 Å². The molecule has 0 spiro atoms. The quantitative estimate of drug-likeness (QED) is 0.751. The molecule has 6 nitrogen and oxygen atoms in total. The SMILES string of the molecule is NC(=O)c1nnc(-c2ccccc2Nc2ccc(C(F)(F)F)cc2)o1. The Morgan fingerprint density at radius 2 is 1.72 bits per heavy atom. The van der Waals surface area contributed by atoms with E-state index in [1.807, 2.05) is 0 Å². The molecule has 0 aliphatic carbocycles. The molecule has 0 saturated heterocycles. The molecule has 0 aliphatic rings. The lowest BCUT2D eigenvalue weighted by molar-refractivity contribution is -0.137. The van der Waals surface area contributed by atoms with Crippen molar-refractivity contribution in [3.05, 3.63) is 60.0 Å². The number of hydrogen-bond donors (Lipinski definition) is 2. The molecule has 0 fully saturated rings. The van der Waals surface area contributed by atoms with Crippen LogP contribution in [0.1, 0.15) is 16.2 Å². The lowest BCUT2D eigenvalue weighted by Gasteiger charge is -2.11. The summed E-state index contributed by atoms with van der Waals surface area (Å²) in [7, 11) is 0. The van der Waals surface area contributed by atoms with Crippen LogP contribution in [0.3, 0.4) is 0 Å². The predicted molar refractivity (Wildman–Crippen MR) is 83.0 cm³/mol. The van der Waals surface area contributed by atoms with E-state index in [0.717, 1.165) is 12.1 Å². The van der Waals surface area contributed by atoms with E-state index in [4.69, 9.17) is 10.2 Å². The smallest absolute Gasteiger partial charge is 0.412 e. The number of halogens is 3. The van der Waals surface area contributed by atoms with Gasteiger partial charge in [0.25, 0.3) is 0 Å². The number of carbonyl (C=O) groups is 1. The Labute approximate surface area is 139 Å². The van der Waals surface area contributed by atoms with Crippen molar-refractivity contribution in [3.63, 3.8) is 0 Å². The average Bonchev–Trinajstić information content (AvgIpc) is 3.05. The third-order valence-corrected chi connectivity index (χ3v) is 3.28. The fourth-order valence-electron chi connectivity index (χ4n) is 2.11. The summed E-state index contributed by atoms with van der Waals surface area (Å²) in [5.41, 5.74) is 5.76. The molecule has 1 heterocycles. The van der Waals surface area contributed by atoms with E-state index >= 15 is 0 Å². The van der Waals surface area contributed by atoms with E-state index < -0.39 is 17.6 Å². The summed E-state index contributed by atoms with van der Waals surface area (Å²) in [6.45, 7) is 0. The van der Waals surface area contributed by atoms with Gasteiger partial charge in [-0.25, -0.2) is 0 Å². The summed E-state index contributed by atoms with van der Waals surface area (Å²) >= 11 is 0. The molecule has 0 radical (unpaired) electrons. The van der Waals surface area contributed by atoms with Gasteiger partial charge in [-0.15, -0.1) is 10.2 Å². The number of nitrogens with one attached hydrogen (secondary N) is 1. The third-order valence-electron chi connectivity index (χ3n) is 3.28. The Balaban J connectivity index is 1.89. The maximum absolute atomic E-state index is 12.6. The molecule has 0 bridgehead atoms. The molecular formula is C16H11F3N4O2. The summed E-state index contributed by atoms with van der Waals surface area (Å²) < 4.78 is 43.0. The van der Waals surface area contributed by atoms with Crippen molar-refractivity contribution in [1.82, 2.24) is 10.2 Å².